The maximum Gasteiger partial charge on any atom is 0.333 e. The van der Waals surface area contributed by atoms with Gasteiger partial charge in [-0.15, -0.1) is 0 Å². The van der Waals surface area contributed by atoms with Crippen LogP contribution in [0.15, 0.2) is 64.4 Å². The van der Waals surface area contributed by atoms with Crippen LogP contribution in [0.5, 0.6) is 0 Å². The molecule has 1 aliphatic carbocycles. The molecule has 0 unspecified atom stereocenters. The first kappa shape index (κ1) is 30.8. The minimum absolute atomic E-state index is 0.156. The molecule has 10 nitrogen and oxygen atoms in total. The Morgan fingerprint density at radius 3 is 2.29 bits per heavy atom. The first-order valence-corrected chi connectivity index (χ1v) is 15.9. The van der Waals surface area contributed by atoms with E-state index in [2.05, 4.69) is 9.71 Å². The van der Waals surface area contributed by atoms with Crippen LogP contribution in [0.4, 0.5) is 17.1 Å². The minimum Gasteiger partial charge on any atom is -0.332 e. The number of hydrogen-bond acceptors (Lipinski definition) is 8. The Labute approximate surface area is 241 Å². The average molecular weight is 585 g/mol. The Bertz CT molecular complexity index is 1390. The number of hydroxylamine groups is 1. The van der Waals surface area contributed by atoms with Gasteiger partial charge in [-0.1, -0.05) is 75.3 Å². The lowest BCUT2D eigenvalue weighted by molar-refractivity contribution is 0.0891. The molecular formula is C30H40N4O6S. The van der Waals surface area contributed by atoms with Crippen molar-refractivity contribution in [3.8, 4) is 0 Å². The highest BCUT2D eigenvalue weighted by molar-refractivity contribution is 7.83. The lowest BCUT2D eigenvalue weighted by Crippen LogP contribution is -2.45. The average Bonchev–Trinajstić information content (AvgIpc) is 2.98. The van der Waals surface area contributed by atoms with E-state index in [1.807, 2.05) is 47.4 Å². The van der Waals surface area contributed by atoms with Crippen LogP contribution in [0.2, 0.25) is 0 Å². The fourth-order valence-electron chi connectivity index (χ4n) is 5.42. The van der Waals surface area contributed by atoms with Crippen LogP contribution in [0, 0.1) is 5.92 Å². The normalized spacial score (nSPS) is 14.4. The molecule has 1 heterocycles. The quantitative estimate of drug-likeness (QED) is 0.101. The Morgan fingerprint density at radius 1 is 0.902 bits per heavy atom. The van der Waals surface area contributed by atoms with E-state index in [0.29, 0.717) is 44.1 Å². The van der Waals surface area contributed by atoms with Crippen LogP contribution >= 0.6 is 0 Å². The van der Waals surface area contributed by atoms with Gasteiger partial charge in [0.15, 0.2) is 0 Å². The summed E-state index contributed by atoms with van der Waals surface area (Å²) in [6.07, 6.45) is 13.1. The fraction of sp³-hybridized carbons (Fsp3) is 0.500. The molecule has 0 amide bonds. The molecule has 1 saturated carbocycles. The lowest BCUT2D eigenvalue weighted by Gasteiger charge is -2.33. The van der Waals surface area contributed by atoms with Gasteiger partial charge in [0, 0.05) is 37.7 Å². The van der Waals surface area contributed by atoms with E-state index in [1.165, 1.54) is 32.1 Å². The molecule has 2 N–H and O–H groups in total. The molecule has 1 aliphatic rings. The molecule has 2 aromatic carbocycles. The molecule has 0 atom stereocenters. The summed E-state index contributed by atoms with van der Waals surface area (Å²) in [6, 6.07) is 13.4. The summed E-state index contributed by atoms with van der Waals surface area (Å²) in [6.45, 7) is 1.45. The predicted molar refractivity (Wildman–Crippen MR) is 160 cm³/mol. The van der Waals surface area contributed by atoms with Crippen molar-refractivity contribution in [2.75, 3.05) is 29.7 Å². The van der Waals surface area contributed by atoms with Gasteiger partial charge >= 0.3 is 10.3 Å². The molecule has 1 fully saturated rings. The molecule has 0 aliphatic heterocycles. The molecule has 0 radical (unpaired) electrons. The number of pyridine rings is 1. The smallest absolute Gasteiger partial charge is 0.332 e. The van der Waals surface area contributed by atoms with Crippen LogP contribution in [0.25, 0.3) is 0 Å². The van der Waals surface area contributed by atoms with Gasteiger partial charge in [-0.2, -0.15) is 13.1 Å². The third kappa shape index (κ3) is 9.19. The molecule has 0 saturated heterocycles. The number of rotatable bonds is 17. The number of hydrogen-bond donors (Lipinski definition) is 2. The zero-order valence-electron chi connectivity index (χ0n) is 23.4. The number of anilines is 3. The highest BCUT2D eigenvalue weighted by Gasteiger charge is 2.32. The first-order valence-electron chi connectivity index (χ1n) is 14.5. The van der Waals surface area contributed by atoms with Crippen molar-refractivity contribution in [1.82, 2.24) is 9.71 Å². The van der Waals surface area contributed by atoms with Gasteiger partial charge in [-0.05, 0) is 42.9 Å². The van der Waals surface area contributed by atoms with Crippen molar-refractivity contribution in [3.63, 3.8) is 0 Å². The van der Waals surface area contributed by atoms with Crippen LogP contribution in [-0.4, -0.2) is 37.7 Å². The molecule has 0 bridgehead atoms. The number of aromatic nitrogens is 1. The molecular weight excluding hydrogens is 544 g/mol. The second-order valence-electron chi connectivity index (χ2n) is 10.6. The minimum atomic E-state index is -4.19. The van der Waals surface area contributed by atoms with Gasteiger partial charge < -0.3 is 4.90 Å². The van der Waals surface area contributed by atoms with E-state index in [9.17, 15) is 18.0 Å². The summed E-state index contributed by atoms with van der Waals surface area (Å²) in [4.78, 5) is 38.4. The third-order valence-corrected chi connectivity index (χ3v) is 8.18. The predicted octanol–water partition coefficient (Wildman–Crippen LogP) is 4.68. The van der Waals surface area contributed by atoms with E-state index in [0.717, 1.165) is 30.5 Å². The summed E-state index contributed by atoms with van der Waals surface area (Å²) in [5, 5.41) is 1.61. The fourth-order valence-corrected chi connectivity index (χ4v) is 5.82. The van der Waals surface area contributed by atoms with Gasteiger partial charge in [0.05, 0.1) is 6.61 Å². The van der Waals surface area contributed by atoms with Gasteiger partial charge in [0.2, 0.25) is 0 Å². The van der Waals surface area contributed by atoms with Crippen molar-refractivity contribution in [2.24, 2.45) is 5.92 Å². The lowest BCUT2D eigenvalue weighted by atomic mass is 9.87. The third-order valence-electron chi connectivity index (χ3n) is 7.61. The topological polar surface area (TPSA) is 129 Å². The van der Waals surface area contributed by atoms with Crippen LogP contribution in [0.1, 0.15) is 69.8 Å². The largest absolute Gasteiger partial charge is 0.333 e. The monoisotopic (exact) mass is 584 g/mol. The van der Waals surface area contributed by atoms with E-state index < -0.39 is 21.2 Å². The molecule has 222 valence electrons. The van der Waals surface area contributed by atoms with E-state index in [4.69, 9.17) is 9.39 Å². The Kier molecular flexibility index (Phi) is 11.4. The van der Waals surface area contributed by atoms with E-state index in [-0.39, 0.29) is 12.2 Å². The van der Waals surface area contributed by atoms with Crippen LogP contribution in [0.3, 0.4) is 0 Å². The summed E-state index contributed by atoms with van der Waals surface area (Å²) in [5.41, 5.74) is 1.25. The summed E-state index contributed by atoms with van der Waals surface area (Å²) >= 11 is 0. The number of nitrogens with one attached hydrogen (secondary N) is 1. The summed E-state index contributed by atoms with van der Waals surface area (Å²) < 4.78 is 32.6. The maximum absolute atomic E-state index is 13.1. The van der Waals surface area contributed by atoms with E-state index in [1.54, 1.807) is 17.5 Å². The van der Waals surface area contributed by atoms with Crippen molar-refractivity contribution in [3.05, 3.63) is 80.9 Å². The van der Waals surface area contributed by atoms with Gasteiger partial charge in [0.1, 0.15) is 11.4 Å². The molecule has 1 aromatic heterocycles. The highest BCUT2D eigenvalue weighted by atomic mass is 32.2. The molecule has 41 heavy (non-hydrogen) atoms. The van der Waals surface area contributed by atoms with Crippen LogP contribution < -0.4 is 25.5 Å². The number of benzene rings is 1. The zero-order valence-corrected chi connectivity index (χ0v) is 24.2. The summed E-state index contributed by atoms with van der Waals surface area (Å²) in [7, 11) is -4.19. The van der Waals surface area contributed by atoms with Crippen molar-refractivity contribution in [1.29, 1.82) is 0 Å². The van der Waals surface area contributed by atoms with Gasteiger partial charge in [0.25, 0.3) is 10.9 Å². The number of unbranched alkanes of at least 4 members (excludes halogenated alkanes) is 3. The molecule has 4 rings (SSSR count). The molecule has 0 spiro atoms. The Balaban J connectivity index is 1.51. The van der Waals surface area contributed by atoms with Crippen molar-refractivity contribution < 1.29 is 17.8 Å². The van der Waals surface area contributed by atoms with Gasteiger partial charge in [-0.3, -0.25) is 24.0 Å². The maximum atomic E-state index is 13.1. The van der Waals surface area contributed by atoms with E-state index >= 15 is 0 Å². The Hall–Kier alpha value is -3.12. The van der Waals surface area contributed by atoms with Crippen LogP contribution in [-0.2, 0) is 21.7 Å². The number of nitrogens with zero attached hydrogens (tertiary/aromatic N) is 3. The van der Waals surface area contributed by atoms with Crippen molar-refractivity contribution in [2.45, 2.75) is 70.8 Å². The summed E-state index contributed by atoms with van der Waals surface area (Å²) in [5.74, 6) is 0.611. The highest BCUT2D eigenvalue weighted by Crippen LogP contribution is 2.33. The SMILES string of the molecule is O=c1c(N(CCCCCCNS(=O)(=O)O)OCCC2CCCCC2)c(N(Cc2ccccc2)c2ccncc2)c1=O. The van der Waals surface area contributed by atoms with Gasteiger partial charge in [-0.25, -0.2) is 5.06 Å². The zero-order chi connectivity index (χ0) is 29.1. The standard InChI is InChI=1S/C30H40N4O6S/c35-29-27(33(26-15-19-31-20-16-26)23-25-13-7-4-8-14-25)28(30(29)36)34(40-22-17-24-11-5-3-6-12-24)21-10-2-1-9-18-32-41(37,38)39/h4,7-8,13-16,19-20,24,32H,1-3,5-6,9-12,17-18,21-23H2,(H,37,38,39). The van der Waals surface area contributed by atoms with Crippen molar-refractivity contribution >= 4 is 27.4 Å². The molecule has 3 aromatic rings. The molecule has 11 heteroatoms. The second kappa shape index (κ2) is 15.2. The second-order valence-corrected chi connectivity index (χ2v) is 11.9. The first-order chi connectivity index (χ1) is 19.8. The Morgan fingerprint density at radius 2 is 1.59 bits per heavy atom.